The molecule has 1 rings (SSSR count). The van der Waals surface area contributed by atoms with E-state index < -0.39 is 8.87 Å². The van der Waals surface area contributed by atoms with Crippen LogP contribution in [0, 0.1) is 0 Å². The fourth-order valence-corrected chi connectivity index (χ4v) is 2.34. The summed E-state index contributed by atoms with van der Waals surface area (Å²) in [6, 6.07) is 9.54. The van der Waals surface area contributed by atoms with E-state index in [0.717, 1.165) is 16.4 Å². The molecule has 0 aliphatic rings. The molecule has 0 atom stereocenters. The summed E-state index contributed by atoms with van der Waals surface area (Å²) < 4.78 is 21.5. The van der Waals surface area contributed by atoms with Crippen molar-refractivity contribution in [2.45, 2.75) is 5.75 Å². The molecule has 12 heavy (non-hydrogen) atoms. The number of benzene rings is 1. The maximum atomic E-state index is 10.8. The lowest BCUT2D eigenvalue weighted by molar-refractivity contribution is 0.615. The molecular formula is C8H10O2S2. The predicted octanol–water partition coefficient (Wildman–Crippen LogP) is 1.88. The van der Waals surface area contributed by atoms with Gasteiger partial charge in [-0.1, -0.05) is 30.3 Å². The number of rotatable bonds is 3. The Kier molecular flexibility index (Phi) is 3.17. The van der Waals surface area contributed by atoms with Crippen molar-refractivity contribution in [1.29, 1.82) is 0 Å². The third-order valence-corrected chi connectivity index (χ3v) is 3.80. The zero-order chi connectivity index (χ0) is 9.03. The van der Waals surface area contributed by atoms with E-state index in [1.165, 1.54) is 6.26 Å². The van der Waals surface area contributed by atoms with E-state index in [1.807, 2.05) is 30.3 Å². The molecule has 2 nitrogen and oxygen atoms in total. The molecule has 0 bridgehead atoms. The minimum absolute atomic E-state index is 0.527. The Balaban J connectivity index is 2.56. The van der Waals surface area contributed by atoms with E-state index in [1.54, 1.807) is 0 Å². The summed E-state index contributed by atoms with van der Waals surface area (Å²) in [6.45, 7) is 0. The van der Waals surface area contributed by atoms with Crippen LogP contribution in [0.15, 0.2) is 30.3 Å². The zero-order valence-electron chi connectivity index (χ0n) is 6.73. The highest BCUT2D eigenvalue weighted by molar-refractivity contribution is 8.71. The van der Waals surface area contributed by atoms with Crippen LogP contribution in [-0.4, -0.2) is 14.7 Å². The number of hydrogen-bond donors (Lipinski definition) is 0. The van der Waals surface area contributed by atoms with Crippen LogP contribution in [0.2, 0.25) is 0 Å². The molecule has 1 aromatic carbocycles. The fraction of sp³-hybridized carbons (Fsp3) is 0.250. The standard InChI is InChI=1S/C8H10O2S2/c1-12(9,10)11-7-8-5-3-2-4-6-8/h2-6H,7H2,1H3. The largest absolute Gasteiger partial charge is 0.218 e. The normalized spacial score (nSPS) is 11.4. The Morgan fingerprint density at radius 1 is 1.25 bits per heavy atom. The molecule has 0 aliphatic heterocycles. The maximum absolute atomic E-state index is 10.8. The second kappa shape index (κ2) is 3.96. The van der Waals surface area contributed by atoms with E-state index in [0.29, 0.717) is 5.75 Å². The van der Waals surface area contributed by atoms with Crippen LogP contribution < -0.4 is 0 Å². The summed E-state index contributed by atoms with van der Waals surface area (Å²) in [5.74, 6) is 0.527. The lowest BCUT2D eigenvalue weighted by Gasteiger charge is -1.97. The van der Waals surface area contributed by atoms with Crippen molar-refractivity contribution in [3.05, 3.63) is 35.9 Å². The van der Waals surface area contributed by atoms with Gasteiger partial charge in [0.2, 0.25) is 0 Å². The minimum atomic E-state index is -2.91. The van der Waals surface area contributed by atoms with E-state index in [4.69, 9.17) is 0 Å². The van der Waals surface area contributed by atoms with Crippen LogP contribution in [0.3, 0.4) is 0 Å². The van der Waals surface area contributed by atoms with Crippen molar-refractivity contribution in [1.82, 2.24) is 0 Å². The van der Waals surface area contributed by atoms with Crippen molar-refractivity contribution in [2.24, 2.45) is 0 Å². The zero-order valence-corrected chi connectivity index (χ0v) is 8.36. The van der Waals surface area contributed by atoms with Crippen LogP contribution >= 0.6 is 10.8 Å². The minimum Gasteiger partial charge on any atom is -0.218 e. The molecule has 0 fully saturated rings. The average molecular weight is 202 g/mol. The lowest BCUT2D eigenvalue weighted by Crippen LogP contribution is -1.89. The van der Waals surface area contributed by atoms with Gasteiger partial charge in [-0.3, -0.25) is 0 Å². The summed E-state index contributed by atoms with van der Waals surface area (Å²) in [6.07, 6.45) is 1.22. The molecule has 0 spiro atoms. The van der Waals surface area contributed by atoms with Gasteiger partial charge in [-0.05, 0) is 16.4 Å². The smallest absolute Gasteiger partial charge is 0.199 e. The van der Waals surface area contributed by atoms with Gasteiger partial charge in [-0.15, -0.1) is 0 Å². The highest BCUT2D eigenvalue weighted by Gasteiger charge is 2.02. The summed E-state index contributed by atoms with van der Waals surface area (Å²) in [7, 11) is -1.95. The molecule has 1 aromatic rings. The Morgan fingerprint density at radius 3 is 2.33 bits per heavy atom. The molecule has 0 N–H and O–H groups in total. The fourth-order valence-electron chi connectivity index (χ4n) is 0.749. The SMILES string of the molecule is CS(=O)(=O)SCc1ccccc1. The summed E-state index contributed by atoms with van der Waals surface area (Å²) in [4.78, 5) is 0. The van der Waals surface area contributed by atoms with Gasteiger partial charge in [0.05, 0.1) is 0 Å². The first-order valence-electron chi connectivity index (χ1n) is 3.46. The Hall–Kier alpha value is -0.480. The van der Waals surface area contributed by atoms with Gasteiger partial charge in [-0.25, -0.2) is 8.42 Å². The first-order chi connectivity index (χ1) is 5.58. The molecule has 0 radical (unpaired) electrons. The molecule has 0 saturated heterocycles. The van der Waals surface area contributed by atoms with E-state index in [2.05, 4.69) is 0 Å². The Morgan fingerprint density at radius 2 is 1.83 bits per heavy atom. The van der Waals surface area contributed by atoms with Gasteiger partial charge >= 0.3 is 0 Å². The van der Waals surface area contributed by atoms with Crippen molar-refractivity contribution in [3.8, 4) is 0 Å². The molecule has 66 valence electrons. The summed E-state index contributed by atoms with van der Waals surface area (Å²) in [5.41, 5.74) is 1.04. The van der Waals surface area contributed by atoms with Gasteiger partial charge in [-0.2, -0.15) is 0 Å². The number of hydrogen-bond acceptors (Lipinski definition) is 3. The van der Waals surface area contributed by atoms with E-state index in [-0.39, 0.29) is 0 Å². The molecule has 0 amide bonds. The quantitative estimate of drug-likeness (QED) is 0.702. The van der Waals surface area contributed by atoms with Gasteiger partial charge in [0.1, 0.15) is 0 Å². The van der Waals surface area contributed by atoms with Crippen molar-refractivity contribution in [3.63, 3.8) is 0 Å². The topological polar surface area (TPSA) is 34.1 Å². The third kappa shape index (κ3) is 3.78. The maximum Gasteiger partial charge on any atom is 0.199 e. The molecule has 0 saturated carbocycles. The van der Waals surface area contributed by atoms with E-state index in [9.17, 15) is 8.42 Å². The van der Waals surface area contributed by atoms with Crippen molar-refractivity contribution < 1.29 is 8.42 Å². The molecule has 0 aromatic heterocycles. The predicted molar refractivity (Wildman–Crippen MR) is 52.6 cm³/mol. The second-order valence-electron chi connectivity index (χ2n) is 2.45. The van der Waals surface area contributed by atoms with E-state index >= 15 is 0 Å². The van der Waals surface area contributed by atoms with Crippen molar-refractivity contribution in [2.75, 3.05) is 6.26 Å². The van der Waals surface area contributed by atoms with Crippen LogP contribution in [0.1, 0.15) is 5.56 Å². The molecule has 0 aliphatic carbocycles. The van der Waals surface area contributed by atoms with Gasteiger partial charge in [0, 0.05) is 12.0 Å². The van der Waals surface area contributed by atoms with Crippen LogP contribution in [0.25, 0.3) is 0 Å². The first-order valence-corrected chi connectivity index (χ1v) is 6.86. The second-order valence-corrected chi connectivity index (χ2v) is 6.91. The van der Waals surface area contributed by atoms with Crippen molar-refractivity contribution >= 4 is 19.7 Å². The summed E-state index contributed by atoms with van der Waals surface area (Å²) >= 11 is 0. The molecule has 4 heteroatoms. The Labute approximate surface area is 76.3 Å². The van der Waals surface area contributed by atoms with Crippen LogP contribution in [-0.2, 0) is 14.6 Å². The van der Waals surface area contributed by atoms with Gasteiger partial charge in [0.25, 0.3) is 0 Å². The highest BCUT2D eigenvalue weighted by Crippen LogP contribution is 2.16. The Bertz CT molecular complexity index is 329. The molecule has 0 heterocycles. The van der Waals surface area contributed by atoms with Crippen LogP contribution in [0.5, 0.6) is 0 Å². The average Bonchev–Trinajstić information content (AvgIpc) is 2.02. The lowest BCUT2D eigenvalue weighted by atomic mass is 10.2. The van der Waals surface area contributed by atoms with Gasteiger partial charge < -0.3 is 0 Å². The highest BCUT2D eigenvalue weighted by atomic mass is 33.1. The monoisotopic (exact) mass is 202 g/mol. The van der Waals surface area contributed by atoms with Crippen LogP contribution in [0.4, 0.5) is 0 Å². The first kappa shape index (κ1) is 9.61. The molecular weight excluding hydrogens is 192 g/mol. The van der Waals surface area contributed by atoms with Gasteiger partial charge in [0.15, 0.2) is 8.87 Å². The molecule has 0 unspecified atom stereocenters. The third-order valence-electron chi connectivity index (χ3n) is 1.28. The summed E-state index contributed by atoms with van der Waals surface area (Å²) in [5, 5.41) is 0.